The number of hydrogen-bond acceptors (Lipinski definition) is 15. The van der Waals surface area contributed by atoms with Crippen LogP contribution >= 0.6 is 69.6 Å². The topological polar surface area (TPSA) is 258 Å². The summed E-state index contributed by atoms with van der Waals surface area (Å²) < 4.78 is 27.6. The maximum Gasteiger partial charge on any atom is 0.430 e. The lowest BCUT2D eigenvalue weighted by Gasteiger charge is -2.42. The van der Waals surface area contributed by atoms with Crippen LogP contribution in [0.25, 0.3) is 0 Å². The number of halogens is 6. The zero-order valence-corrected chi connectivity index (χ0v) is 51.0. The third-order valence-corrected chi connectivity index (χ3v) is 10.6. The number of alkyl halides is 6. The minimum Gasteiger partial charge on any atom is -0.480 e. The standard InChI is InChI=1S/C21H28Cl3N3O5.C17H27Cl3N2O6.C14H19NO4/c1-20(2,3)32-19(30)25-16(12-14-8-5-4-6-9-14)17(28)27-11-7-10-15(26-27)18(29)31-13-21(22,23)24;1-15(2,3)27-13(24)21-9-7-8-11(12(23)26-10-17(18,19)20)22(21)14(25)28-16(4,5)6;1-14(2,3)19-13(18)15-11(12(16)17)9-10-7-5-4-6-8-10/h4-6,8-9,15-16,26H,7,10-13H2,1-3H3,(H,25,30);11H,7-10H2,1-6H3;4-8,11H,9H2,1-3H3,(H,15,18)(H,16,17)/t15-,16-;2*11-/m000/s1. The predicted octanol–water partition coefficient (Wildman–Crippen LogP) is 10.2. The molecular formula is C52H74Cl6N6O15. The van der Waals surface area contributed by atoms with Crippen LogP contribution in [-0.2, 0) is 60.4 Å². The molecule has 2 aliphatic heterocycles. The van der Waals surface area contributed by atoms with E-state index in [9.17, 15) is 38.4 Å². The number of carbonyl (C=O) groups excluding carboxylic acids is 7. The van der Waals surface area contributed by atoms with Crippen LogP contribution in [0.15, 0.2) is 60.7 Å². The van der Waals surface area contributed by atoms with E-state index in [0.29, 0.717) is 25.8 Å². The summed E-state index contributed by atoms with van der Waals surface area (Å²) in [5.41, 5.74) is 1.55. The number of amides is 5. The quantitative estimate of drug-likeness (QED) is 0.0875. The first-order chi connectivity index (χ1) is 36.1. The van der Waals surface area contributed by atoms with E-state index in [2.05, 4.69) is 16.1 Å². The molecule has 0 radical (unpaired) electrons. The lowest BCUT2D eigenvalue weighted by atomic mass is 10.0. The van der Waals surface area contributed by atoms with Crippen molar-refractivity contribution in [2.75, 3.05) is 26.3 Å². The van der Waals surface area contributed by atoms with Gasteiger partial charge in [0.25, 0.3) is 5.91 Å². The van der Waals surface area contributed by atoms with E-state index in [4.69, 9.17) is 103 Å². The Bertz CT molecular complexity index is 2330. The van der Waals surface area contributed by atoms with E-state index < -0.39 is 116 Å². The van der Waals surface area contributed by atoms with Crippen LogP contribution in [0.4, 0.5) is 19.2 Å². The third kappa shape index (κ3) is 29.9. The van der Waals surface area contributed by atoms with Crippen molar-refractivity contribution in [2.45, 2.75) is 176 Å². The summed E-state index contributed by atoms with van der Waals surface area (Å²) in [5.74, 6) is -2.94. The summed E-state index contributed by atoms with van der Waals surface area (Å²) in [5, 5.41) is 17.4. The van der Waals surface area contributed by atoms with Crippen LogP contribution in [0.5, 0.6) is 0 Å². The Balaban J connectivity index is 0.000000418. The number of carboxylic acid groups (broad SMARTS) is 1. The van der Waals surface area contributed by atoms with Crippen LogP contribution in [0.3, 0.4) is 0 Å². The Hall–Kier alpha value is -4.90. The number of nitrogens with zero attached hydrogens (tertiary/aromatic N) is 3. The monoisotopic (exact) mass is 1230 g/mol. The molecule has 4 N–H and O–H groups in total. The Morgan fingerprint density at radius 3 is 1.41 bits per heavy atom. The molecule has 21 nitrogen and oxygen atoms in total. The van der Waals surface area contributed by atoms with E-state index in [1.807, 2.05) is 60.7 Å². The maximum absolute atomic E-state index is 13.3. The zero-order chi connectivity index (χ0) is 60.3. The number of rotatable bonds is 12. The molecule has 0 bridgehead atoms. The molecule has 79 heavy (non-hydrogen) atoms. The molecule has 5 amide bonds. The second kappa shape index (κ2) is 30.8. The fraction of sp³-hybridized carbons (Fsp3) is 0.615. The van der Waals surface area contributed by atoms with Crippen LogP contribution in [0.1, 0.15) is 120 Å². The van der Waals surface area contributed by atoms with Gasteiger partial charge in [-0.3, -0.25) is 14.6 Å². The minimum absolute atomic E-state index is 0.169. The minimum atomic E-state index is -1.80. The number of carbonyl (C=O) groups is 8. The molecule has 0 unspecified atom stereocenters. The molecule has 0 aromatic heterocycles. The van der Waals surface area contributed by atoms with Crippen molar-refractivity contribution in [3.8, 4) is 0 Å². The van der Waals surface area contributed by atoms with Crippen molar-refractivity contribution in [3.05, 3.63) is 71.8 Å². The average Bonchev–Trinajstić information content (AvgIpc) is 3.30. The summed E-state index contributed by atoms with van der Waals surface area (Å²) in [6.45, 7) is 20.1. The second-order valence-corrected chi connectivity index (χ2v) is 27.0. The van der Waals surface area contributed by atoms with Crippen LogP contribution in [0.2, 0.25) is 0 Å². The fourth-order valence-corrected chi connectivity index (χ4v) is 7.21. The zero-order valence-electron chi connectivity index (χ0n) is 46.4. The number of hydrazine groups is 2. The molecule has 0 aliphatic carbocycles. The average molecular weight is 1240 g/mol. The molecule has 2 aromatic carbocycles. The number of alkyl carbamates (subject to hydrolysis) is 2. The Morgan fingerprint density at radius 2 is 0.975 bits per heavy atom. The van der Waals surface area contributed by atoms with E-state index in [1.165, 1.54) is 5.01 Å². The van der Waals surface area contributed by atoms with E-state index in [0.717, 1.165) is 21.1 Å². The summed E-state index contributed by atoms with van der Waals surface area (Å²) in [7, 11) is 0. The van der Waals surface area contributed by atoms with Gasteiger partial charge in [0.05, 0.1) is 0 Å². The Kier molecular flexibility index (Phi) is 27.4. The van der Waals surface area contributed by atoms with Gasteiger partial charge in [0.15, 0.2) is 6.04 Å². The molecule has 2 heterocycles. The van der Waals surface area contributed by atoms with Gasteiger partial charge < -0.3 is 44.2 Å². The van der Waals surface area contributed by atoms with E-state index in [-0.39, 0.29) is 25.8 Å². The highest BCUT2D eigenvalue weighted by atomic mass is 35.6. The fourth-order valence-electron chi connectivity index (χ4n) is 6.88. The normalized spacial score (nSPS) is 16.9. The number of esters is 2. The van der Waals surface area contributed by atoms with Gasteiger partial charge in [0, 0.05) is 25.9 Å². The first-order valence-corrected chi connectivity index (χ1v) is 27.3. The van der Waals surface area contributed by atoms with E-state index in [1.54, 1.807) is 83.1 Å². The molecule has 444 valence electrons. The lowest BCUT2D eigenvalue weighted by Crippen LogP contribution is -2.61. The molecule has 2 aromatic rings. The SMILES string of the molecule is CC(C)(C)OC(=O)N1CCC[C@@H](C(=O)OCC(Cl)(Cl)Cl)N1C(=O)OC(C)(C)C.CC(C)(C)OC(=O)N[C@@H](Cc1ccccc1)C(=O)N1CCC[C@@H](C(=O)OCC(Cl)(Cl)Cl)N1.CC(C)(C)OC(=O)N[C@@H](Cc1ccccc1)C(=O)O. The van der Waals surface area contributed by atoms with Crippen molar-refractivity contribution in [3.63, 3.8) is 0 Å². The van der Waals surface area contributed by atoms with Gasteiger partial charge in [0.2, 0.25) is 7.59 Å². The van der Waals surface area contributed by atoms with Crippen molar-refractivity contribution >= 4 is 118 Å². The summed E-state index contributed by atoms with van der Waals surface area (Å²) in [6.07, 6.45) is -0.940. The molecule has 27 heteroatoms. The van der Waals surface area contributed by atoms with Crippen LogP contribution < -0.4 is 16.1 Å². The molecule has 2 aliphatic rings. The van der Waals surface area contributed by atoms with Crippen molar-refractivity contribution < 1.29 is 71.9 Å². The highest BCUT2D eigenvalue weighted by molar-refractivity contribution is 6.68. The molecule has 2 fully saturated rings. The van der Waals surface area contributed by atoms with Crippen LogP contribution in [0, 0.1) is 0 Å². The second-order valence-electron chi connectivity index (χ2n) is 22.0. The van der Waals surface area contributed by atoms with Gasteiger partial charge in [-0.05, 0) is 120 Å². The van der Waals surface area contributed by atoms with Gasteiger partial charge in [-0.25, -0.2) is 39.2 Å². The van der Waals surface area contributed by atoms with Gasteiger partial charge in [0.1, 0.15) is 53.7 Å². The highest BCUT2D eigenvalue weighted by Crippen LogP contribution is 2.29. The Labute approximate surface area is 492 Å². The molecule has 2 saturated heterocycles. The summed E-state index contributed by atoms with van der Waals surface area (Å²) in [4.78, 5) is 98.6. The number of ether oxygens (including phenoxy) is 6. The molecule has 0 saturated carbocycles. The highest BCUT2D eigenvalue weighted by Gasteiger charge is 2.45. The van der Waals surface area contributed by atoms with E-state index >= 15 is 0 Å². The number of benzene rings is 2. The molecule has 4 rings (SSSR count). The smallest absolute Gasteiger partial charge is 0.430 e. The predicted molar refractivity (Wildman–Crippen MR) is 299 cm³/mol. The van der Waals surface area contributed by atoms with Gasteiger partial charge in [-0.2, -0.15) is 5.01 Å². The first-order valence-electron chi connectivity index (χ1n) is 25.0. The molecular weight excluding hydrogens is 1160 g/mol. The molecule has 0 spiro atoms. The first kappa shape index (κ1) is 70.2. The summed E-state index contributed by atoms with van der Waals surface area (Å²) in [6, 6.07) is 14.6. The molecule has 4 atom stereocenters. The number of nitrogens with one attached hydrogen (secondary N) is 3. The van der Waals surface area contributed by atoms with Gasteiger partial charge in [-0.15, -0.1) is 0 Å². The van der Waals surface area contributed by atoms with Crippen molar-refractivity contribution in [1.29, 1.82) is 0 Å². The largest absolute Gasteiger partial charge is 0.480 e. The maximum atomic E-state index is 13.3. The van der Waals surface area contributed by atoms with Crippen molar-refractivity contribution in [2.24, 2.45) is 0 Å². The van der Waals surface area contributed by atoms with Gasteiger partial charge in [-0.1, -0.05) is 130 Å². The van der Waals surface area contributed by atoms with Crippen molar-refractivity contribution in [1.82, 2.24) is 31.1 Å². The summed E-state index contributed by atoms with van der Waals surface area (Å²) >= 11 is 33.7. The Morgan fingerprint density at radius 1 is 0.570 bits per heavy atom. The number of carboxylic acids is 1. The van der Waals surface area contributed by atoms with Gasteiger partial charge >= 0.3 is 42.3 Å². The number of aliphatic carboxylic acids is 1. The van der Waals surface area contributed by atoms with Crippen LogP contribution in [-0.4, -0.2) is 149 Å². The lowest BCUT2D eigenvalue weighted by molar-refractivity contribution is -0.161. The third-order valence-electron chi connectivity index (χ3n) is 9.90. The number of hydrogen-bond donors (Lipinski definition) is 4.